The Morgan fingerprint density at radius 3 is 2.47 bits per heavy atom. The normalized spacial score (nSPS) is 14.5. The van der Waals surface area contributed by atoms with Crippen molar-refractivity contribution in [2.75, 3.05) is 23.3 Å². The van der Waals surface area contributed by atoms with Crippen LogP contribution < -0.4 is 10.2 Å². The second-order valence-electron chi connectivity index (χ2n) is 8.42. The smallest absolute Gasteiger partial charge is 0.227 e. The molecule has 5 rings (SSSR count). The Bertz CT molecular complexity index is 1240. The van der Waals surface area contributed by atoms with Gasteiger partial charge in [0.2, 0.25) is 5.91 Å². The van der Waals surface area contributed by atoms with Crippen LogP contribution in [-0.2, 0) is 4.79 Å². The van der Waals surface area contributed by atoms with Gasteiger partial charge in [-0.2, -0.15) is 0 Å². The number of hydrogen-bond donors (Lipinski definition) is 1. The molecule has 0 aliphatic carbocycles. The summed E-state index contributed by atoms with van der Waals surface area (Å²) in [5.41, 5.74) is 4.04. The summed E-state index contributed by atoms with van der Waals surface area (Å²) in [5, 5.41) is 14.2. The SMILES string of the molecule is Cc1cccc(-c2ccc(N3CCC(C(=O)Nc4cccc5ccccc45)CC3)nn2)c1. The summed E-state index contributed by atoms with van der Waals surface area (Å²) in [6, 6.07) is 26.5. The lowest BCUT2D eigenvalue weighted by Gasteiger charge is -2.32. The van der Waals surface area contributed by atoms with Crippen molar-refractivity contribution in [2.45, 2.75) is 19.8 Å². The molecule has 1 aromatic heterocycles. The number of amides is 1. The molecule has 32 heavy (non-hydrogen) atoms. The van der Waals surface area contributed by atoms with Crippen LogP contribution in [0.4, 0.5) is 11.5 Å². The van der Waals surface area contributed by atoms with Crippen LogP contribution in [0.25, 0.3) is 22.0 Å². The fourth-order valence-electron chi connectivity index (χ4n) is 4.39. The van der Waals surface area contributed by atoms with Crippen molar-refractivity contribution in [3.63, 3.8) is 0 Å². The maximum absolute atomic E-state index is 12.9. The molecule has 1 aliphatic heterocycles. The van der Waals surface area contributed by atoms with Crippen LogP contribution in [0.2, 0.25) is 0 Å². The van der Waals surface area contributed by atoms with E-state index in [1.807, 2.05) is 48.5 Å². The van der Waals surface area contributed by atoms with Crippen LogP contribution in [0, 0.1) is 12.8 Å². The maximum atomic E-state index is 12.9. The van der Waals surface area contributed by atoms with Crippen LogP contribution in [0.5, 0.6) is 0 Å². The lowest BCUT2D eigenvalue weighted by atomic mass is 9.95. The number of benzene rings is 3. The number of aryl methyl sites for hydroxylation is 1. The van der Waals surface area contributed by atoms with E-state index in [9.17, 15) is 4.79 Å². The number of rotatable bonds is 4. The Morgan fingerprint density at radius 1 is 0.906 bits per heavy atom. The number of carbonyl (C=O) groups is 1. The van der Waals surface area contributed by atoms with Gasteiger partial charge in [0.1, 0.15) is 0 Å². The number of piperidine rings is 1. The zero-order valence-electron chi connectivity index (χ0n) is 18.2. The maximum Gasteiger partial charge on any atom is 0.227 e. The molecule has 5 heteroatoms. The third-order valence-electron chi connectivity index (χ3n) is 6.20. The van der Waals surface area contributed by atoms with E-state index in [0.717, 1.165) is 59.5 Å². The summed E-state index contributed by atoms with van der Waals surface area (Å²) >= 11 is 0. The van der Waals surface area contributed by atoms with Crippen molar-refractivity contribution in [3.8, 4) is 11.3 Å². The largest absolute Gasteiger partial charge is 0.355 e. The molecule has 0 bridgehead atoms. The molecule has 160 valence electrons. The highest BCUT2D eigenvalue weighted by atomic mass is 16.1. The van der Waals surface area contributed by atoms with Crippen molar-refractivity contribution in [2.24, 2.45) is 5.92 Å². The first kappa shape index (κ1) is 20.2. The first-order chi connectivity index (χ1) is 15.7. The minimum atomic E-state index is 0.00439. The van der Waals surface area contributed by atoms with E-state index in [-0.39, 0.29) is 11.8 Å². The second-order valence-corrected chi connectivity index (χ2v) is 8.42. The number of hydrogen-bond acceptors (Lipinski definition) is 4. The van der Waals surface area contributed by atoms with Gasteiger partial charge in [-0.15, -0.1) is 10.2 Å². The van der Waals surface area contributed by atoms with Crippen molar-refractivity contribution >= 4 is 28.2 Å². The van der Waals surface area contributed by atoms with Crippen molar-refractivity contribution in [1.29, 1.82) is 0 Å². The summed E-state index contributed by atoms with van der Waals surface area (Å²) in [6.45, 7) is 3.67. The molecule has 0 spiro atoms. The number of aromatic nitrogens is 2. The molecule has 5 nitrogen and oxygen atoms in total. The highest BCUT2D eigenvalue weighted by molar-refractivity contribution is 6.02. The number of anilines is 2. The van der Waals surface area contributed by atoms with Crippen LogP contribution >= 0.6 is 0 Å². The third kappa shape index (κ3) is 4.19. The first-order valence-corrected chi connectivity index (χ1v) is 11.1. The van der Waals surface area contributed by atoms with E-state index in [1.165, 1.54) is 5.56 Å². The molecule has 1 aliphatic rings. The first-order valence-electron chi connectivity index (χ1n) is 11.1. The van der Waals surface area contributed by atoms with Gasteiger partial charge in [-0.05, 0) is 49.4 Å². The average molecular weight is 423 g/mol. The minimum Gasteiger partial charge on any atom is -0.355 e. The van der Waals surface area contributed by atoms with E-state index in [4.69, 9.17) is 0 Å². The summed E-state index contributed by atoms with van der Waals surface area (Å²) in [6.07, 6.45) is 1.61. The number of nitrogens with zero attached hydrogens (tertiary/aromatic N) is 3. The average Bonchev–Trinajstić information content (AvgIpc) is 2.84. The standard InChI is InChI=1S/C27H26N4O/c1-19-6-4-9-22(18-19)24-12-13-26(30-29-24)31-16-14-21(15-17-31)27(32)28-25-11-5-8-20-7-2-3-10-23(20)25/h2-13,18,21H,14-17H2,1H3,(H,28,32). The molecular weight excluding hydrogens is 396 g/mol. The van der Waals surface area contributed by atoms with Crippen molar-refractivity contribution in [3.05, 3.63) is 84.4 Å². The van der Waals surface area contributed by atoms with E-state index < -0.39 is 0 Å². The monoisotopic (exact) mass is 422 g/mol. The Balaban J connectivity index is 1.21. The molecule has 0 atom stereocenters. The highest BCUT2D eigenvalue weighted by Crippen LogP contribution is 2.27. The van der Waals surface area contributed by atoms with Crippen molar-refractivity contribution in [1.82, 2.24) is 10.2 Å². The lowest BCUT2D eigenvalue weighted by Crippen LogP contribution is -2.38. The Hall–Kier alpha value is -3.73. The third-order valence-corrected chi connectivity index (χ3v) is 6.20. The predicted molar refractivity (Wildman–Crippen MR) is 130 cm³/mol. The van der Waals surface area contributed by atoms with Gasteiger partial charge in [0.15, 0.2) is 5.82 Å². The fourth-order valence-corrected chi connectivity index (χ4v) is 4.39. The molecule has 4 aromatic rings. The van der Waals surface area contributed by atoms with Crippen LogP contribution in [0.1, 0.15) is 18.4 Å². The Kier molecular flexibility index (Phi) is 5.55. The van der Waals surface area contributed by atoms with Gasteiger partial charge in [-0.25, -0.2) is 0 Å². The molecule has 2 heterocycles. The molecule has 3 aromatic carbocycles. The van der Waals surface area contributed by atoms with E-state index >= 15 is 0 Å². The van der Waals surface area contributed by atoms with Crippen LogP contribution in [0.3, 0.4) is 0 Å². The Morgan fingerprint density at radius 2 is 1.69 bits per heavy atom. The zero-order valence-corrected chi connectivity index (χ0v) is 18.2. The number of nitrogens with one attached hydrogen (secondary N) is 1. The lowest BCUT2D eigenvalue weighted by molar-refractivity contribution is -0.120. The number of fused-ring (bicyclic) bond motifs is 1. The van der Waals surface area contributed by atoms with Gasteiger partial charge in [0.05, 0.1) is 5.69 Å². The molecule has 0 radical (unpaired) electrons. The molecule has 1 N–H and O–H groups in total. The molecule has 1 fully saturated rings. The summed E-state index contributed by atoms with van der Waals surface area (Å²) in [5.74, 6) is 0.973. The quantitative estimate of drug-likeness (QED) is 0.474. The zero-order chi connectivity index (χ0) is 21.9. The molecule has 0 unspecified atom stereocenters. The summed E-state index contributed by atoms with van der Waals surface area (Å²) in [4.78, 5) is 15.1. The second kappa shape index (κ2) is 8.79. The van der Waals surface area contributed by atoms with Crippen molar-refractivity contribution < 1.29 is 4.79 Å². The van der Waals surface area contributed by atoms with Gasteiger partial charge < -0.3 is 10.2 Å². The van der Waals surface area contributed by atoms with E-state index in [2.05, 4.69) is 57.7 Å². The van der Waals surface area contributed by atoms with Crippen LogP contribution in [-0.4, -0.2) is 29.2 Å². The van der Waals surface area contributed by atoms with E-state index in [0.29, 0.717) is 0 Å². The summed E-state index contributed by atoms with van der Waals surface area (Å²) < 4.78 is 0. The number of carbonyl (C=O) groups excluding carboxylic acids is 1. The molecule has 1 saturated heterocycles. The van der Waals surface area contributed by atoms with Gasteiger partial charge in [-0.1, -0.05) is 60.2 Å². The minimum absolute atomic E-state index is 0.00439. The topological polar surface area (TPSA) is 58.1 Å². The van der Waals surface area contributed by atoms with Gasteiger partial charge in [-0.3, -0.25) is 4.79 Å². The fraction of sp³-hybridized carbons (Fsp3) is 0.222. The van der Waals surface area contributed by atoms with Gasteiger partial charge >= 0.3 is 0 Å². The van der Waals surface area contributed by atoms with Crippen LogP contribution in [0.15, 0.2) is 78.9 Å². The summed E-state index contributed by atoms with van der Waals surface area (Å²) in [7, 11) is 0. The predicted octanol–water partition coefficient (Wildman–Crippen LogP) is 5.46. The molecular formula is C27H26N4O. The van der Waals surface area contributed by atoms with E-state index in [1.54, 1.807) is 0 Å². The Labute approximate surface area is 188 Å². The van der Waals surface area contributed by atoms with Gasteiger partial charge in [0.25, 0.3) is 0 Å². The van der Waals surface area contributed by atoms with Gasteiger partial charge in [0, 0.05) is 35.6 Å². The highest BCUT2D eigenvalue weighted by Gasteiger charge is 2.26. The molecule has 1 amide bonds. The molecule has 0 saturated carbocycles.